The van der Waals surface area contributed by atoms with E-state index in [4.69, 9.17) is 16.3 Å². The third-order valence-electron chi connectivity index (χ3n) is 2.39. The van der Waals surface area contributed by atoms with Gasteiger partial charge in [-0.1, -0.05) is 33.6 Å². The smallest absolute Gasteiger partial charge is 0.343 e. The minimum Gasteiger partial charge on any atom is -0.421 e. The van der Waals surface area contributed by atoms with E-state index in [0.717, 1.165) is 10.5 Å². The predicted molar refractivity (Wildman–Crippen MR) is 77.2 cm³/mol. The molecular weight excluding hydrogens is 350 g/mol. The van der Waals surface area contributed by atoms with E-state index in [1.807, 2.05) is 0 Å². The van der Waals surface area contributed by atoms with Crippen LogP contribution >= 0.6 is 27.5 Å². The molecule has 0 amide bonds. The molecule has 2 rings (SSSR count). The fraction of sp³-hybridized carbons (Fsp3) is 0. The first-order valence-corrected chi connectivity index (χ1v) is 6.56. The number of esters is 1. The SMILES string of the molecule is O=C(Oc1ccc(Br)cc1Cl)c1cccc([N+](=O)[O-])c1. The Morgan fingerprint density at radius 1 is 1.25 bits per heavy atom. The van der Waals surface area contributed by atoms with Crippen LogP contribution in [-0.4, -0.2) is 10.9 Å². The highest BCUT2D eigenvalue weighted by Gasteiger charge is 2.14. The lowest BCUT2D eigenvalue weighted by Gasteiger charge is -2.06. The summed E-state index contributed by atoms with van der Waals surface area (Å²) in [6.07, 6.45) is 0. The summed E-state index contributed by atoms with van der Waals surface area (Å²) in [5, 5.41) is 10.9. The number of ether oxygens (including phenoxy) is 1. The van der Waals surface area contributed by atoms with Gasteiger partial charge in [0.2, 0.25) is 0 Å². The Hall–Kier alpha value is -1.92. The third-order valence-corrected chi connectivity index (χ3v) is 3.18. The minimum atomic E-state index is -0.710. The van der Waals surface area contributed by atoms with E-state index >= 15 is 0 Å². The summed E-state index contributed by atoms with van der Waals surface area (Å²) in [6, 6.07) is 10.1. The van der Waals surface area contributed by atoms with Crippen molar-refractivity contribution in [2.75, 3.05) is 0 Å². The van der Waals surface area contributed by atoms with Crippen molar-refractivity contribution >= 4 is 39.2 Å². The molecule has 7 heteroatoms. The monoisotopic (exact) mass is 355 g/mol. The van der Waals surface area contributed by atoms with Crippen LogP contribution in [0.1, 0.15) is 10.4 Å². The molecule has 0 aliphatic rings. The van der Waals surface area contributed by atoms with Crippen molar-refractivity contribution in [3.05, 3.63) is 67.6 Å². The number of rotatable bonds is 3. The number of nitro benzene ring substituents is 1. The summed E-state index contributed by atoms with van der Waals surface area (Å²) in [5.41, 5.74) is -0.0976. The number of carbonyl (C=O) groups is 1. The summed E-state index contributed by atoms with van der Waals surface area (Å²) >= 11 is 9.16. The lowest BCUT2D eigenvalue weighted by Crippen LogP contribution is -2.09. The van der Waals surface area contributed by atoms with E-state index in [1.165, 1.54) is 24.3 Å². The van der Waals surface area contributed by atoms with Gasteiger partial charge < -0.3 is 4.74 Å². The van der Waals surface area contributed by atoms with Crippen LogP contribution in [0, 0.1) is 10.1 Å². The predicted octanol–water partition coefficient (Wildman–Crippen LogP) is 4.23. The zero-order valence-electron chi connectivity index (χ0n) is 9.88. The van der Waals surface area contributed by atoms with Crippen LogP contribution < -0.4 is 4.74 Å². The highest BCUT2D eigenvalue weighted by Crippen LogP contribution is 2.28. The Kier molecular flexibility index (Phi) is 4.36. The molecule has 20 heavy (non-hydrogen) atoms. The topological polar surface area (TPSA) is 69.4 Å². The molecule has 5 nitrogen and oxygen atoms in total. The van der Waals surface area contributed by atoms with E-state index in [9.17, 15) is 14.9 Å². The normalized spacial score (nSPS) is 10.1. The van der Waals surface area contributed by atoms with Crippen molar-refractivity contribution in [2.24, 2.45) is 0 Å². The van der Waals surface area contributed by atoms with E-state index in [2.05, 4.69) is 15.9 Å². The van der Waals surface area contributed by atoms with Crippen molar-refractivity contribution in [1.82, 2.24) is 0 Å². The zero-order valence-corrected chi connectivity index (χ0v) is 12.2. The maximum Gasteiger partial charge on any atom is 0.343 e. The molecule has 0 saturated carbocycles. The van der Waals surface area contributed by atoms with Crippen molar-refractivity contribution < 1.29 is 14.5 Å². The van der Waals surface area contributed by atoms with E-state index in [0.29, 0.717) is 0 Å². The molecule has 0 N–H and O–H groups in total. The molecule has 0 aliphatic heterocycles. The van der Waals surface area contributed by atoms with Gasteiger partial charge in [-0.15, -0.1) is 0 Å². The van der Waals surface area contributed by atoms with Crippen molar-refractivity contribution in [2.45, 2.75) is 0 Å². The quantitative estimate of drug-likeness (QED) is 0.357. The van der Waals surface area contributed by atoms with Crippen LogP contribution in [0.25, 0.3) is 0 Å². The number of hydrogen-bond donors (Lipinski definition) is 0. The molecule has 0 unspecified atom stereocenters. The fourth-order valence-corrected chi connectivity index (χ4v) is 2.18. The van der Waals surface area contributed by atoms with E-state index < -0.39 is 10.9 Å². The van der Waals surface area contributed by atoms with Crippen molar-refractivity contribution in [3.8, 4) is 5.75 Å². The average Bonchev–Trinajstić information content (AvgIpc) is 2.42. The van der Waals surface area contributed by atoms with Crippen LogP contribution in [0.4, 0.5) is 5.69 Å². The number of benzene rings is 2. The molecule has 0 fully saturated rings. The van der Waals surface area contributed by atoms with Crippen LogP contribution in [0.15, 0.2) is 46.9 Å². The van der Waals surface area contributed by atoms with Crippen LogP contribution in [-0.2, 0) is 0 Å². The Balaban J connectivity index is 2.24. The highest BCUT2D eigenvalue weighted by atomic mass is 79.9. The number of halogens is 2. The number of nitrogens with zero attached hydrogens (tertiary/aromatic N) is 1. The highest BCUT2D eigenvalue weighted by molar-refractivity contribution is 9.10. The Labute approximate surface area is 127 Å². The first kappa shape index (κ1) is 14.5. The Morgan fingerprint density at radius 2 is 2.00 bits per heavy atom. The van der Waals surface area contributed by atoms with Crippen LogP contribution in [0.3, 0.4) is 0 Å². The first-order valence-electron chi connectivity index (χ1n) is 5.39. The third kappa shape index (κ3) is 3.34. The van der Waals surface area contributed by atoms with Gasteiger partial charge >= 0.3 is 5.97 Å². The van der Waals surface area contributed by atoms with Gasteiger partial charge in [0.05, 0.1) is 15.5 Å². The summed E-state index contributed by atoms with van der Waals surface area (Å²) in [5.74, 6) is -0.524. The number of non-ortho nitro benzene ring substituents is 1. The van der Waals surface area contributed by atoms with Gasteiger partial charge in [0.15, 0.2) is 0 Å². The molecule has 0 aromatic heterocycles. The number of carbonyl (C=O) groups excluding carboxylic acids is 1. The van der Waals surface area contributed by atoms with Gasteiger partial charge in [-0.25, -0.2) is 4.79 Å². The van der Waals surface area contributed by atoms with Gasteiger partial charge in [0.25, 0.3) is 5.69 Å². The minimum absolute atomic E-state index is 0.0817. The van der Waals surface area contributed by atoms with Gasteiger partial charge in [-0.05, 0) is 24.3 Å². The largest absolute Gasteiger partial charge is 0.421 e. The molecule has 0 bridgehead atoms. The molecule has 0 aliphatic carbocycles. The molecule has 0 heterocycles. The first-order chi connectivity index (χ1) is 9.47. The molecule has 2 aromatic carbocycles. The van der Waals surface area contributed by atoms with Crippen LogP contribution in [0.5, 0.6) is 5.75 Å². The molecule has 2 aromatic rings. The van der Waals surface area contributed by atoms with Crippen LogP contribution in [0.2, 0.25) is 5.02 Å². The fourth-order valence-electron chi connectivity index (χ4n) is 1.46. The molecule has 102 valence electrons. The number of hydrogen-bond acceptors (Lipinski definition) is 4. The summed E-state index contributed by atoms with van der Waals surface area (Å²) in [7, 11) is 0. The lowest BCUT2D eigenvalue weighted by molar-refractivity contribution is -0.384. The standard InChI is InChI=1S/C13H7BrClNO4/c14-9-4-5-12(11(15)7-9)20-13(17)8-2-1-3-10(6-8)16(18)19/h1-7H. The number of nitro groups is 1. The molecule has 0 atom stereocenters. The molecule has 0 saturated heterocycles. The van der Waals surface area contributed by atoms with Gasteiger partial charge in [-0.2, -0.15) is 0 Å². The molecule has 0 radical (unpaired) electrons. The second-order valence-corrected chi connectivity index (χ2v) is 5.09. The summed E-state index contributed by atoms with van der Waals surface area (Å²) in [4.78, 5) is 22.0. The lowest BCUT2D eigenvalue weighted by atomic mass is 10.2. The maximum absolute atomic E-state index is 11.9. The second kappa shape index (κ2) is 6.02. The zero-order chi connectivity index (χ0) is 14.7. The van der Waals surface area contributed by atoms with E-state index in [-0.39, 0.29) is 22.0 Å². The molecule has 0 spiro atoms. The summed E-state index contributed by atoms with van der Waals surface area (Å²) in [6.45, 7) is 0. The van der Waals surface area contributed by atoms with Crippen molar-refractivity contribution in [1.29, 1.82) is 0 Å². The average molecular weight is 357 g/mol. The van der Waals surface area contributed by atoms with Gasteiger partial charge in [0, 0.05) is 16.6 Å². The van der Waals surface area contributed by atoms with E-state index in [1.54, 1.807) is 12.1 Å². The van der Waals surface area contributed by atoms with Gasteiger partial charge in [-0.3, -0.25) is 10.1 Å². The maximum atomic E-state index is 11.9. The Bertz CT molecular complexity index is 690. The van der Waals surface area contributed by atoms with Gasteiger partial charge in [0.1, 0.15) is 5.75 Å². The van der Waals surface area contributed by atoms with Crippen molar-refractivity contribution in [3.63, 3.8) is 0 Å². The second-order valence-electron chi connectivity index (χ2n) is 3.77. The molecular formula is C13H7BrClNO4. The Morgan fingerprint density at radius 3 is 2.65 bits per heavy atom. The summed E-state index contributed by atoms with van der Waals surface area (Å²) < 4.78 is 5.85.